The molecule has 0 saturated carbocycles. The lowest BCUT2D eigenvalue weighted by Crippen LogP contribution is -2.35. The van der Waals surface area contributed by atoms with E-state index in [4.69, 9.17) is 10.5 Å². The van der Waals surface area contributed by atoms with Gasteiger partial charge in [0.15, 0.2) is 0 Å². The Hall–Kier alpha value is -1.75. The molecule has 1 aromatic carbocycles. The average Bonchev–Trinajstić information content (AvgIpc) is 2.39. The van der Waals surface area contributed by atoms with Crippen LogP contribution in [0.5, 0.6) is 0 Å². The third-order valence-corrected chi connectivity index (χ3v) is 3.27. The molecule has 1 saturated heterocycles. The van der Waals surface area contributed by atoms with E-state index in [1.807, 2.05) is 6.07 Å². The van der Waals surface area contributed by atoms with Crippen LogP contribution >= 0.6 is 0 Å². The predicted octanol–water partition coefficient (Wildman–Crippen LogP) is 1.02. The summed E-state index contributed by atoms with van der Waals surface area (Å²) in [6.45, 7) is 1.57. The molecule has 0 unspecified atom stereocenters. The number of hydrogen-bond acceptors (Lipinski definition) is 5. The van der Waals surface area contributed by atoms with Crippen molar-refractivity contribution in [2.24, 2.45) is 0 Å². The summed E-state index contributed by atoms with van der Waals surface area (Å²) in [7, 11) is 1.34. The predicted molar refractivity (Wildman–Crippen MR) is 69.6 cm³/mol. The fraction of sp³-hybridized carbons (Fsp3) is 0.462. The Bertz CT molecular complexity index is 440. The minimum absolute atomic E-state index is 0.213. The van der Waals surface area contributed by atoms with Gasteiger partial charge in [0.05, 0.1) is 18.8 Å². The van der Waals surface area contributed by atoms with Gasteiger partial charge in [-0.3, -0.25) is 0 Å². The van der Waals surface area contributed by atoms with Crippen molar-refractivity contribution in [3.05, 3.63) is 23.8 Å². The lowest BCUT2D eigenvalue weighted by molar-refractivity contribution is 0.0602. The van der Waals surface area contributed by atoms with Gasteiger partial charge in [-0.25, -0.2) is 4.79 Å². The average molecular weight is 250 g/mol. The number of anilines is 2. The van der Waals surface area contributed by atoms with Crippen LogP contribution in [-0.2, 0) is 4.74 Å². The quantitative estimate of drug-likeness (QED) is 0.605. The highest BCUT2D eigenvalue weighted by Crippen LogP contribution is 2.24. The number of esters is 1. The molecule has 3 N–H and O–H groups in total. The summed E-state index contributed by atoms with van der Waals surface area (Å²) in [5.41, 5.74) is 7.51. The van der Waals surface area contributed by atoms with Crippen LogP contribution in [0.3, 0.4) is 0 Å². The number of aliphatic hydroxyl groups is 1. The maximum Gasteiger partial charge on any atom is 0.340 e. The summed E-state index contributed by atoms with van der Waals surface area (Å²) >= 11 is 0. The second kappa shape index (κ2) is 5.27. The third-order valence-electron chi connectivity index (χ3n) is 3.27. The van der Waals surface area contributed by atoms with Crippen LogP contribution in [0.1, 0.15) is 23.2 Å². The summed E-state index contributed by atoms with van der Waals surface area (Å²) in [5, 5.41) is 9.48. The normalized spacial score (nSPS) is 16.7. The molecule has 98 valence electrons. The van der Waals surface area contributed by atoms with Gasteiger partial charge in [-0.15, -0.1) is 0 Å². The van der Waals surface area contributed by atoms with E-state index in [2.05, 4.69) is 4.90 Å². The van der Waals surface area contributed by atoms with Crippen molar-refractivity contribution in [3.63, 3.8) is 0 Å². The molecule has 0 amide bonds. The number of nitrogens with two attached hydrogens (primary N) is 1. The summed E-state index contributed by atoms with van der Waals surface area (Å²) in [6, 6.07) is 5.35. The van der Waals surface area contributed by atoms with Gasteiger partial charge in [-0.2, -0.15) is 0 Å². The number of nitrogens with zero attached hydrogens (tertiary/aromatic N) is 1. The first-order chi connectivity index (χ1) is 8.61. The molecular weight excluding hydrogens is 232 g/mol. The van der Waals surface area contributed by atoms with Crippen molar-refractivity contribution >= 4 is 17.3 Å². The van der Waals surface area contributed by atoms with Crippen LogP contribution in [0.25, 0.3) is 0 Å². The van der Waals surface area contributed by atoms with E-state index in [1.54, 1.807) is 12.1 Å². The second-order valence-electron chi connectivity index (χ2n) is 4.48. The number of rotatable bonds is 2. The smallest absolute Gasteiger partial charge is 0.340 e. The number of ether oxygens (including phenoxy) is 1. The first-order valence-corrected chi connectivity index (χ1v) is 6.02. The molecule has 0 atom stereocenters. The molecule has 0 aromatic heterocycles. The lowest BCUT2D eigenvalue weighted by atomic mass is 10.1. The van der Waals surface area contributed by atoms with E-state index in [1.165, 1.54) is 7.11 Å². The molecular formula is C13H18N2O3. The molecule has 0 radical (unpaired) electrons. The van der Waals surface area contributed by atoms with Crippen LogP contribution in [0.2, 0.25) is 0 Å². The molecule has 1 aliphatic rings. The van der Waals surface area contributed by atoms with E-state index in [0.29, 0.717) is 11.3 Å². The number of nitrogen functional groups attached to an aromatic ring is 1. The van der Waals surface area contributed by atoms with E-state index >= 15 is 0 Å². The minimum Gasteiger partial charge on any atom is -0.465 e. The van der Waals surface area contributed by atoms with Gasteiger partial charge >= 0.3 is 5.97 Å². The van der Waals surface area contributed by atoms with Gasteiger partial charge in [0.25, 0.3) is 0 Å². The van der Waals surface area contributed by atoms with Crippen LogP contribution in [-0.4, -0.2) is 37.4 Å². The van der Waals surface area contributed by atoms with Crippen molar-refractivity contribution in [1.29, 1.82) is 0 Å². The molecule has 5 heteroatoms. The maximum atomic E-state index is 11.6. The summed E-state index contributed by atoms with van der Waals surface area (Å²) in [4.78, 5) is 13.7. The number of methoxy groups -OCH3 is 1. The summed E-state index contributed by atoms with van der Waals surface area (Å²) in [6.07, 6.45) is 1.28. The van der Waals surface area contributed by atoms with Crippen molar-refractivity contribution < 1.29 is 14.6 Å². The number of hydrogen-bond donors (Lipinski definition) is 2. The Morgan fingerprint density at radius 3 is 2.72 bits per heavy atom. The fourth-order valence-corrected chi connectivity index (χ4v) is 2.15. The second-order valence-corrected chi connectivity index (χ2v) is 4.48. The van der Waals surface area contributed by atoms with Crippen LogP contribution < -0.4 is 10.6 Å². The molecule has 18 heavy (non-hydrogen) atoms. The van der Waals surface area contributed by atoms with Crippen LogP contribution in [0, 0.1) is 0 Å². The van der Waals surface area contributed by atoms with Crippen molar-refractivity contribution in [2.75, 3.05) is 30.8 Å². The zero-order valence-corrected chi connectivity index (χ0v) is 10.4. The molecule has 0 spiro atoms. The topological polar surface area (TPSA) is 75.8 Å². The van der Waals surface area contributed by atoms with Crippen molar-refractivity contribution in [2.45, 2.75) is 18.9 Å². The van der Waals surface area contributed by atoms with Gasteiger partial charge in [0.2, 0.25) is 0 Å². The number of carbonyl (C=O) groups excluding carboxylic acids is 1. The highest BCUT2D eigenvalue weighted by atomic mass is 16.5. The highest BCUT2D eigenvalue weighted by Gasteiger charge is 2.19. The Kier molecular flexibility index (Phi) is 3.72. The maximum absolute atomic E-state index is 11.6. The molecule has 0 bridgehead atoms. The van der Waals surface area contributed by atoms with Crippen LogP contribution in [0.15, 0.2) is 18.2 Å². The number of carbonyl (C=O) groups is 1. The van der Waals surface area contributed by atoms with Gasteiger partial charge in [-0.1, -0.05) is 0 Å². The molecule has 1 aromatic rings. The van der Waals surface area contributed by atoms with Crippen molar-refractivity contribution in [1.82, 2.24) is 0 Å². The van der Waals surface area contributed by atoms with Gasteiger partial charge in [-0.05, 0) is 31.0 Å². The molecule has 1 fully saturated rings. The lowest BCUT2D eigenvalue weighted by Gasteiger charge is -2.31. The zero-order chi connectivity index (χ0) is 13.1. The molecule has 0 aliphatic carbocycles. The Morgan fingerprint density at radius 1 is 1.44 bits per heavy atom. The Labute approximate surface area is 106 Å². The largest absolute Gasteiger partial charge is 0.465 e. The SMILES string of the molecule is COC(=O)c1cc(N2CCC(O)CC2)ccc1N. The molecule has 1 aliphatic heterocycles. The van der Waals surface area contributed by atoms with Gasteiger partial charge in [0.1, 0.15) is 0 Å². The Morgan fingerprint density at radius 2 is 2.11 bits per heavy atom. The zero-order valence-electron chi connectivity index (χ0n) is 10.4. The standard InChI is InChI=1S/C13H18N2O3/c1-18-13(17)11-8-9(2-3-12(11)14)15-6-4-10(16)5-7-15/h2-3,8,10,16H,4-7,14H2,1H3. The summed E-state index contributed by atoms with van der Waals surface area (Å²) in [5.74, 6) is -0.425. The summed E-state index contributed by atoms with van der Waals surface area (Å²) < 4.78 is 4.70. The first-order valence-electron chi connectivity index (χ1n) is 6.02. The fourth-order valence-electron chi connectivity index (χ4n) is 2.15. The number of benzene rings is 1. The molecule has 5 nitrogen and oxygen atoms in total. The molecule has 2 rings (SSSR count). The van der Waals surface area contributed by atoms with Gasteiger partial charge in [0, 0.05) is 24.5 Å². The Balaban J connectivity index is 2.21. The van der Waals surface area contributed by atoms with E-state index in [0.717, 1.165) is 31.6 Å². The highest BCUT2D eigenvalue weighted by molar-refractivity contribution is 5.96. The molecule has 1 heterocycles. The minimum atomic E-state index is -0.425. The first kappa shape index (κ1) is 12.7. The van der Waals surface area contributed by atoms with E-state index in [-0.39, 0.29) is 6.10 Å². The third kappa shape index (κ3) is 2.56. The van der Waals surface area contributed by atoms with E-state index in [9.17, 15) is 9.90 Å². The number of aliphatic hydroxyl groups excluding tert-OH is 1. The number of piperidine rings is 1. The monoisotopic (exact) mass is 250 g/mol. The van der Waals surface area contributed by atoms with Gasteiger partial charge < -0.3 is 20.5 Å². The van der Waals surface area contributed by atoms with Crippen LogP contribution in [0.4, 0.5) is 11.4 Å². The van der Waals surface area contributed by atoms with E-state index < -0.39 is 5.97 Å². The van der Waals surface area contributed by atoms with Crippen molar-refractivity contribution in [3.8, 4) is 0 Å².